The molecule has 0 aliphatic heterocycles. The van der Waals surface area contributed by atoms with Crippen molar-refractivity contribution in [2.45, 2.75) is 32.4 Å². The molecule has 1 aliphatic rings. The Morgan fingerprint density at radius 3 is 3.00 bits per heavy atom. The summed E-state index contributed by atoms with van der Waals surface area (Å²) in [5.74, 6) is 0.613. The predicted octanol–water partition coefficient (Wildman–Crippen LogP) is 3.14. The standard InChI is InChI=1S/C13H15BrN4O/c1-8-10(14)3-2-4-11(8)16-13-18-17-12(19-13)7-15-9-5-6-9/h2-4,9,15H,5-7H2,1H3,(H,16,18). The Labute approximate surface area is 119 Å². The number of hydrogen-bond donors (Lipinski definition) is 2. The first-order valence-corrected chi connectivity index (χ1v) is 7.09. The van der Waals surface area contributed by atoms with E-state index < -0.39 is 0 Å². The Balaban J connectivity index is 1.67. The Kier molecular flexibility index (Phi) is 3.52. The molecule has 0 radical (unpaired) electrons. The van der Waals surface area contributed by atoms with E-state index >= 15 is 0 Å². The number of aromatic nitrogens is 2. The van der Waals surface area contributed by atoms with Crippen LogP contribution >= 0.6 is 15.9 Å². The first-order valence-electron chi connectivity index (χ1n) is 6.30. The zero-order chi connectivity index (χ0) is 13.2. The first kappa shape index (κ1) is 12.6. The number of hydrogen-bond acceptors (Lipinski definition) is 5. The summed E-state index contributed by atoms with van der Waals surface area (Å²) in [6, 6.07) is 7.00. The van der Waals surface area contributed by atoms with Crippen molar-refractivity contribution >= 4 is 27.6 Å². The van der Waals surface area contributed by atoms with E-state index in [0.717, 1.165) is 15.7 Å². The Morgan fingerprint density at radius 2 is 2.21 bits per heavy atom. The molecule has 0 bridgehead atoms. The zero-order valence-electron chi connectivity index (χ0n) is 10.6. The van der Waals surface area contributed by atoms with Gasteiger partial charge in [0.1, 0.15) is 0 Å². The summed E-state index contributed by atoms with van der Waals surface area (Å²) in [6.07, 6.45) is 2.49. The Morgan fingerprint density at radius 1 is 1.37 bits per heavy atom. The maximum Gasteiger partial charge on any atom is 0.320 e. The highest BCUT2D eigenvalue weighted by Crippen LogP contribution is 2.26. The van der Waals surface area contributed by atoms with Crippen molar-refractivity contribution in [3.8, 4) is 0 Å². The molecule has 2 N–H and O–H groups in total. The van der Waals surface area contributed by atoms with E-state index in [-0.39, 0.29) is 0 Å². The van der Waals surface area contributed by atoms with Crippen molar-refractivity contribution in [2.75, 3.05) is 5.32 Å². The molecule has 3 rings (SSSR count). The maximum atomic E-state index is 5.55. The van der Waals surface area contributed by atoms with E-state index in [4.69, 9.17) is 4.42 Å². The predicted molar refractivity (Wildman–Crippen MR) is 76.3 cm³/mol. The molecular weight excluding hydrogens is 308 g/mol. The maximum absolute atomic E-state index is 5.55. The SMILES string of the molecule is Cc1c(Br)cccc1Nc1nnc(CNC2CC2)o1. The molecule has 2 aromatic rings. The lowest BCUT2D eigenvalue weighted by Gasteiger charge is -2.06. The van der Waals surface area contributed by atoms with Crippen molar-refractivity contribution in [3.05, 3.63) is 34.1 Å². The molecule has 19 heavy (non-hydrogen) atoms. The van der Waals surface area contributed by atoms with Gasteiger partial charge in [-0.05, 0) is 37.5 Å². The minimum absolute atomic E-state index is 0.425. The van der Waals surface area contributed by atoms with Crippen LogP contribution in [0.1, 0.15) is 24.3 Å². The fraction of sp³-hybridized carbons (Fsp3) is 0.385. The van der Waals surface area contributed by atoms with Crippen LogP contribution in [0.25, 0.3) is 0 Å². The number of anilines is 2. The van der Waals surface area contributed by atoms with Crippen LogP contribution in [0.2, 0.25) is 0 Å². The molecule has 0 atom stereocenters. The lowest BCUT2D eigenvalue weighted by Crippen LogP contribution is -2.15. The normalized spacial score (nSPS) is 14.6. The van der Waals surface area contributed by atoms with E-state index in [0.29, 0.717) is 24.5 Å². The third-order valence-electron chi connectivity index (χ3n) is 3.10. The highest BCUT2D eigenvalue weighted by atomic mass is 79.9. The van der Waals surface area contributed by atoms with Gasteiger partial charge in [-0.15, -0.1) is 5.10 Å². The zero-order valence-corrected chi connectivity index (χ0v) is 12.2. The van der Waals surface area contributed by atoms with E-state index in [2.05, 4.69) is 36.8 Å². The molecule has 100 valence electrons. The average Bonchev–Trinajstić information content (AvgIpc) is 3.13. The van der Waals surface area contributed by atoms with Gasteiger partial charge >= 0.3 is 6.01 Å². The number of rotatable bonds is 5. The van der Waals surface area contributed by atoms with E-state index in [1.165, 1.54) is 12.8 Å². The highest BCUT2D eigenvalue weighted by Gasteiger charge is 2.21. The molecule has 1 fully saturated rings. The molecular formula is C13H15BrN4O. The third kappa shape index (κ3) is 3.13. The Bertz CT molecular complexity index is 580. The topological polar surface area (TPSA) is 63.0 Å². The van der Waals surface area contributed by atoms with Gasteiger partial charge in [-0.1, -0.05) is 27.1 Å². The van der Waals surface area contributed by atoms with Gasteiger partial charge in [-0.3, -0.25) is 0 Å². The summed E-state index contributed by atoms with van der Waals surface area (Å²) in [6.45, 7) is 2.66. The van der Waals surface area contributed by atoms with Gasteiger partial charge in [0.25, 0.3) is 0 Å². The van der Waals surface area contributed by atoms with Gasteiger partial charge in [0.15, 0.2) is 0 Å². The van der Waals surface area contributed by atoms with Crippen molar-refractivity contribution in [3.63, 3.8) is 0 Å². The fourth-order valence-corrected chi connectivity index (χ4v) is 2.12. The average molecular weight is 323 g/mol. The van der Waals surface area contributed by atoms with Crippen LogP contribution in [0.5, 0.6) is 0 Å². The van der Waals surface area contributed by atoms with Gasteiger partial charge in [0.2, 0.25) is 5.89 Å². The molecule has 1 heterocycles. The van der Waals surface area contributed by atoms with Gasteiger partial charge in [-0.25, -0.2) is 0 Å². The fourth-order valence-electron chi connectivity index (χ4n) is 1.75. The number of halogens is 1. The molecule has 0 unspecified atom stereocenters. The van der Waals surface area contributed by atoms with Gasteiger partial charge < -0.3 is 15.1 Å². The summed E-state index contributed by atoms with van der Waals surface area (Å²) in [5.41, 5.74) is 2.07. The van der Waals surface area contributed by atoms with Gasteiger partial charge in [-0.2, -0.15) is 0 Å². The van der Waals surface area contributed by atoms with Crippen molar-refractivity contribution in [1.29, 1.82) is 0 Å². The van der Waals surface area contributed by atoms with Crippen LogP contribution in [0.4, 0.5) is 11.7 Å². The molecule has 0 amide bonds. The number of nitrogens with zero attached hydrogens (tertiary/aromatic N) is 2. The summed E-state index contributed by atoms with van der Waals surface area (Å²) in [5, 5.41) is 14.5. The van der Waals surface area contributed by atoms with Crippen LogP contribution in [0.3, 0.4) is 0 Å². The second kappa shape index (κ2) is 5.30. The van der Waals surface area contributed by atoms with Crippen LogP contribution < -0.4 is 10.6 Å². The van der Waals surface area contributed by atoms with Crippen LogP contribution in [-0.4, -0.2) is 16.2 Å². The molecule has 0 saturated heterocycles. The molecule has 1 aromatic carbocycles. The summed E-state index contributed by atoms with van der Waals surface area (Å²) >= 11 is 3.50. The third-order valence-corrected chi connectivity index (χ3v) is 3.95. The Hall–Kier alpha value is -1.40. The summed E-state index contributed by atoms with van der Waals surface area (Å²) < 4.78 is 6.60. The van der Waals surface area contributed by atoms with Crippen molar-refractivity contribution < 1.29 is 4.42 Å². The molecule has 0 spiro atoms. The quantitative estimate of drug-likeness (QED) is 0.885. The lowest BCUT2D eigenvalue weighted by atomic mass is 10.2. The molecule has 1 aromatic heterocycles. The first-order chi connectivity index (χ1) is 9.22. The number of benzene rings is 1. The van der Waals surface area contributed by atoms with Gasteiger partial charge in [0, 0.05) is 16.2 Å². The van der Waals surface area contributed by atoms with Crippen LogP contribution in [-0.2, 0) is 6.54 Å². The van der Waals surface area contributed by atoms with Crippen LogP contribution in [0.15, 0.2) is 27.1 Å². The molecule has 6 heteroatoms. The molecule has 5 nitrogen and oxygen atoms in total. The van der Waals surface area contributed by atoms with Crippen LogP contribution in [0, 0.1) is 6.92 Å². The van der Waals surface area contributed by atoms with E-state index in [9.17, 15) is 0 Å². The minimum Gasteiger partial charge on any atom is -0.406 e. The van der Waals surface area contributed by atoms with E-state index in [1.54, 1.807) is 0 Å². The second-order valence-corrected chi connectivity index (χ2v) is 5.55. The number of nitrogens with one attached hydrogen (secondary N) is 2. The van der Waals surface area contributed by atoms with E-state index in [1.807, 2.05) is 25.1 Å². The lowest BCUT2D eigenvalue weighted by molar-refractivity contribution is 0.478. The highest BCUT2D eigenvalue weighted by molar-refractivity contribution is 9.10. The smallest absolute Gasteiger partial charge is 0.320 e. The summed E-state index contributed by atoms with van der Waals surface area (Å²) in [7, 11) is 0. The second-order valence-electron chi connectivity index (χ2n) is 4.69. The van der Waals surface area contributed by atoms with Gasteiger partial charge in [0.05, 0.1) is 6.54 Å². The molecule has 1 saturated carbocycles. The summed E-state index contributed by atoms with van der Waals surface area (Å²) in [4.78, 5) is 0. The van der Waals surface area contributed by atoms with Crippen molar-refractivity contribution in [1.82, 2.24) is 15.5 Å². The monoisotopic (exact) mass is 322 g/mol. The molecule has 1 aliphatic carbocycles. The van der Waals surface area contributed by atoms with Crippen molar-refractivity contribution in [2.24, 2.45) is 0 Å². The largest absolute Gasteiger partial charge is 0.406 e. The minimum atomic E-state index is 0.425.